The normalized spacial score (nSPS) is 20.3. The molecule has 0 spiro atoms. The monoisotopic (exact) mass is 609 g/mol. The molecular formula is C30H28FN3O4S3. The molecule has 7 rings (SSSR count). The van der Waals surface area contributed by atoms with E-state index in [1.807, 2.05) is 27.0 Å². The third-order valence-corrected chi connectivity index (χ3v) is 11.0. The van der Waals surface area contributed by atoms with Gasteiger partial charge in [-0.3, -0.25) is 4.79 Å². The summed E-state index contributed by atoms with van der Waals surface area (Å²) in [5.41, 5.74) is 2.10. The van der Waals surface area contributed by atoms with Crippen molar-refractivity contribution in [2.45, 2.75) is 37.8 Å². The van der Waals surface area contributed by atoms with Gasteiger partial charge >= 0.3 is 5.97 Å². The molecule has 212 valence electrons. The highest BCUT2D eigenvalue weighted by atomic mass is 32.9. The van der Waals surface area contributed by atoms with Gasteiger partial charge in [0.1, 0.15) is 20.8 Å². The van der Waals surface area contributed by atoms with E-state index in [0.717, 1.165) is 53.7 Å². The molecule has 0 bridgehead atoms. The molecule has 0 radical (unpaired) electrons. The molecule has 1 aliphatic carbocycles. The summed E-state index contributed by atoms with van der Waals surface area (Å²) in [5.74, 6) is -0.203. The SMILES string of the molecule is COc1c(N2CC3CCCNC3C2)c(F)cc2c(=O)c(C(=O)Oc3ccc(-c4cssc4=S)cc3)cn(C3CC3)c12. The van der Waals surface area contributed by atoms with Crippen LogP contribution in [0.4, 0.5) is 10.1 Å². The van der Waals surface area contributed by atoms with Crippen LogP contribution in [0.3, 0.4) is 0 Å². The first kappa shape index (κ1) is 26.8. The summed E-state index contributed by atoms with van der Waals surface area (Å²) in [6.07, 6.45) is 5.58. The third kappa shape index (κ3) is 4.78. The quantitative estimate of drug-likeness (QED) is 0.117. The predicted octanol–water partition coefficient (Wildman–Crippen LogP) is 6.41. The molecule has 2 aliphatic heterocycles. The average Bonchev–Trinajstić information content (AvgIpc) is 3.59. The second kappa shape index (κ2) is 10.6. The van der Waals surface area contributed by atoms with Crippen molar-refractivity contribution >= 4 is 55.5 Å². The van der Waals surface area contributed by atoms with Crippen LogP contribution in [0, 0.1) is 15.6 Å². The molecule has 0 amide bonds. The van der Waals surface area contributed by atoms with E-state index < -0.39 is 17.2 Å². The standard InChI is InChI=1S/C30H28FN3O4S3/c1-37-28-25-20(11-23(31)26(28)33-12-17-3-2-10-32-24(17)14-33)27(35)21(13-34(25)18-6-7-18)29(36)38-19-8-4-16(5-9-19)22-15-40-41-30(22)39/h4-5,8-9,11,13,15,17-18,24,32H,2-3,6-7,10,12,14H2,1H3. The first-order valence-corrected chi connectivity index (χ1v) is 16.4. The predicted molar refractivity (Wildman–Crippen MR) is 163 cm³/mol. The lowest BCUT2D eigenvalue weighted by Gasteiger charge is -2.25. The number of piperidine rings is 1. The van der Waals surface area contributed by atoms with Gasteiger partial charge in [-0.2, -0.15) is 0 Å². The van der Waals surface area contributed by atoms with Gasteiger partial charge in [-0.05, 0) is 61.9 Å². The molecule has 2 saturated heterocycles. The Kier molecular flexibility index (Phi) is 6.93. The Bertz CT molecular complexity index is 1760. The maximum atomic E-state index is 15.9. The number of methoxy groups -OCH3 is 1. The Balaban J connectivity index is 1.26. The lowest BCUT2D eigenvalue weighted by Crippen LogP contribution is -2.40. The maximum Gasteiger partial charge on any atom is 0.349 e. The number of ether oxygens (including phenoxy) is 2. The Morgan fingerprint density at radius 1 is 1.17 bits per heavy atom. The van der Waals surface area contributed by atoms with Crippen LogP contribution in [0.5, 0.6) is 11.5 Å². The molecule has 2 aromatic heterocycles. The Morgan fingerprint density at radius 2 is 1.98 bits per heavy atom. The molecule has 4 heterocycles. The number of carbonyl (C=O) groups excluding carboxylic acids is 1. The average molecular weight is 610 g/mol. The fraction of sp³-hybridized carbons (Fsp3) is 0.367. The summed E-state index contributed by atoms with van der Waals surface area (Å²) in [4.78, 5) is 29.0. The van der Waals surface area contributed by atoms with Crippen LogP contribution >= 0.6 is 32.9 Å². The summed E-state index contributed by atoms with van der Waals surface area (Å²) < 4.78 is 30.0. The first-order chi connectivity index (χ1) is 19.9. The summed E-state index contributed by atoms with van der Waals surface area (Å²) in [7, 11) is 4.62. The zero-order chi connectivity index (χ0) is 28.2. The van der Waals surface area contributed by atoms with E-state index in [1.165, 1.54) is 23.5 Å². The van der Waals surface area contributed by atoms with E-state index in [2.05, 4.69) is 5.32 Å². The zero-order valence-electron chi connectivity index (χ0n) is 22.4. The van der Waals surface area contributed by atoms with Gasteiger partial charge in [0.05, 0.1) is 18.0 Å². The van der Waals surface area contributed by atoms with Gasteiger partial charge in [0.15, 0.2) is 11.6 Å². The molecule has 2 atom stereocenters. The number of rotatable bonds is 6. The van der Waals surface area contributed by atoms with Gasteiger partial charge in [-0.25, -0.2) is 9.18 Å². The molecule has 41 heavy (non-hydrogen) atoms. The number of aromatic nitrogens is 1. The zero-order valence-corrected chi connectivity index (χ0v) is 24.8. The van der Waals surface area contributed by atoms with Crippen molar-refractivity contribution in [3.63, 3.8) is 0 Å². The van der Waals surface area contributed by atoms with Gasteiger partial charge < -0.3 is 24.3 Å². The fourth-order valence-corrected chi connectivity index (χ4v) is 8.60. The molecule has 1 saturated carbocycles. The van der Waals surface area contributed by atoms with Crippen molar-refractivity contribution < 1.29 is 18.7 Å². The number of pyridine rings is 1. The number of hydrogen-bond donors (Lipinski definition) is 1. The highest BCUT2D eigenvalue weighted by Crippen LogP contribution is 2.45. The van der Waals surface area contributed by atoms with Gasteiger partial charge in [-0.15, -0.1) is 0 Å². The van der Waals surface area contributed by atoms with Gasteiger partial charge in [0.25, 0.3) is 0 Å². The largest absolute Gasteiger partial charge is 0.492 e. The van der Waals surface area contributed by atoms with E-state index in [0.29, 0.717) is 41.2 Å². The second-order valence-corrected chi connectivity index (χ2v) is 13.7. The molecule has 7 nitrogen and oxygen atoms in total. The van der Waals surface area contributed by atoms with E-state index in [4.69, 9.17) is 21.7 Å². The van der Waals surface area contributed by atoms with E-state index in [9.17, 15) is 9.59 Å². The van der Waals surface area contributed by atoms with Gasteiger partial charge in [-0.1, -0.05) is 45.0 Å². The van der Waals surface area contributed by atoms with Crippen molar-refractivity contribution in [2.24, 2.45) is 5.92 Å². The number of esters is 1. The summed E-state index contributed by atoms with van der Waals surface area (Å²) >= 11 is 5.38. The van der Waals surface area contributed by atoms with E-state index in [1.54, 1.807) is 28.7 Å². The number of anilines is 1. The molecule has 3 aliphatic rings. The Morgan fingerprint density at radius 3 is 2.66 bits per heavy atom. The van der Waals surface area contributed by atoms with E-state index >= 15 is 4.39 Å². The molecular weight excluding hydrogens is 582 g/mol. The lowest BCUT2D eigenvalue weighted by molar-refractivity contribution is 0.0732. The Hall–Kier alpha value is -3.12. The minimum Gasteiger partial charge on any atom is -0.492 e. The summed E-state index contributed by atoms with van der Waals surface area (Å²) in [5, 5.41) is 5.67. The fourth-order valence-electron chi connectivity index (χ4n) is 6.21. The van der Waals surface area contributed by atoms with Crippen molar-refractivity contribution in [2.75, 3.05) is 31.6 Å². The molecule has 11 heteroatoms. The summed E-state index contributed by atoms with van der Waals surface area (Å²) in [6, 6.07) is 8.71. The van der Waals surface area contributed by atoms with Gasteiger partial charge in [0.2, 0.25) is 5.43 Å². The molecule has 1 N–H and O–H groups in total. The van der Waals surface area contributed by atoms with Gasteiger partial charge in [0, 0.05) is 42.3 Å². The number of carbonyl (C=O) groups is 1. The van der Waals surface area contributed by atoms with Crippen molar-refractivity contribution in [1.82, 2.24) is 9.88 Å². The van der Waals surface area contributed by atoms with Crippen LogP contribution in [0.25, 0.3) is 22.0 Å². The van der Waals surface area contributed by atoms with Crippen molar-refractivity contribution in [3.05, 3.63) is 67.3 Å². The number of benzene rings is 2. The summed E-state index contributed by atoms with van der Waals surface area (Å²) in [6.45, 7) is 2.39. The maximum absolute atomic E-state index is 15.9. The van der Waals surface area contributed by atoms with Crippen LogP contribution in [-0.2, 0) is 0 Å². The number of nitrogens with one attached hydrogen (secondary N) is 1. The van der Waals surface area contributed by atoms with Crippen LogP contribution < -0.4 is 25.1 Å². The lowest BCUT2D eigenvalue weighted by atomic mass is 9.94. The van der Waals surface area contributed by atoms with Crippen LogP contribution in [0.1, 0.15) is 42.1 Å². The number of halogens is 1. The number of hydrogen-bond acceptors (Lipinski definition) is 9. The van der Waals surface area contributed by atoms with E-state index in [-0.39, 0.29) is 17.0 Å². The molecule has 2 unspecified atom stereocenters. The van der Waals surface area contributed by atoms with Crippen molar-refractivity contribution in [3.8, 4) is 22.6 Å². The van der Waals surface area contributed by atoms with Crippen LogP contribution in [0.2, 0.25) is 0 Å². The third-order valence-electron chi connectivity index (χ3n) is 8.36. The van der Waals surface area contributed by atoms with Crippen LogP contribution in [0.15, 0.2) is 46.7 Å². The molecule has 3 fully saturated rings. The number of fused-ring (bicyclic) bond motifs is 2. The minimum atomic E-state index is -0.779. The molecule has 2 aromatic carbocycles. The Labute approximate surface area is 248 Å². The highest BCUT2D eigenvalue weighted by molar-refractivity contribution is 7.79. The number of nitrogens with zero attached hydrogens (tertiary/aromatic N) is 2. The highest BCUT2D eigenvalue weighted by Gasteiger charge is 2.38. The first-order valence-electron chi connectivity index (χ1n) is 13.8. The second-order valence-electron chi connectivity index (χ2n) is 10.9. The molecule has 4 aromatic rings. The van der Waals surface area contributed by atoms with Crippen molar-refractivity contribution in [1.29, 1.82) is 0 Å². The smallest absolute Gasteiger partial charge is 0.349 e. The topological polar surface area (TPSA) is 72.8 Å². The van der Waals surface area contributed by atoms with Crippen LogP contribution in [-0.4, -0.2) is 43.3 Å². The minimum absolute atomic E-state index is 0.0956.